The molecule has 0 saturated heterocycles. The van der Waals surface area contributed by atoms with Gasteiger partial charge >= 0.3 is 0 Å². The number of allylic oxidation sites excluding steroid dienone is 2. The van der Waals surface area contributed by atoms with E-state index in [1.165, 1.54) is 0 Å². The van der Waals surface area contributed by atoms with Gasteiger partial charge in [0.05, 0.1) is 34.3 Å². The van der Waals surface area contributed by atoms with Gasteiger partial charge < -0.3 is 9.47 Å². The topological polar surface area (TPSA) is 66.0 Å². The monoisotopic (exact) mass is 446 g/mol. The number of ether oxygens (including phenoxy) is 2. The Hall–Kier alpha value is -2.28. The van der Waals surface area contributed by atoms with E-state index in [1.807, 2.05) is 0 Å². The number of rotatable bonds is 4. The van der Waals surface area contributed by atoms with Gasteiger partial charge in [-0.15, -0.1) is 0 Å². The molecule has 4 nitrogen and oxygen atoms in total. The Morgan fingerprint density at radius 3 is 1.46 bits per heavy atom. The van der Waals surface area contributed by atoms with Crippen LogP contribution in [0, 0.1) is 22.7 Å². The van der Waals surface area contributed by atoms with Crippen LogP contribution >= 0.6 is 31.9 Å². The van der Waals surface area contributed by atoms with Crippen molar-refractivity contribution in [1.82, 2.24) is 0 Å². The molecule has 2 rings (SSSR count). The molecule has 0 fully saturated rings. The Bertz CT molecular complexity index is 819. The molecule has 0 aliphatic heterocycles. The molecule has 2 aromatic carbocycles. The maximum Gasteiger partial charge on any atom is 0.133 e. The van der Waals surface area contributed by atoms with E-state index in [4.69, 9.17) is 9.47 Å². The van der Waals surface area contributed by atoms with Gasteiger partial charge in [-0.2, -0.15) is 10.5 Å². The normalized spacial score (nSPS) is 11.1. The lowest BCUT2D eigenvalue weighted by Crippen LogP contribution is -1.93. The molecule has 24 heavy (non-hydrogen) atoms. The van der Waals surface area contributed by atoms with Crippen LogP contribution in [-0.4, -0.2) is 14.2 Å². The zero-order chi connectivity index (χ0) is 17.7. The van der Waals surface area contributed by atoms with Crippen molar-refractivity contribution in [3.63, 3.8) is 0 Å². The van der Waals surface area contributed by atoms with Crippen molar-refractivity contribution in [2.75, 3.05) is 14.2 Å². The van der Waals surface area contributed by atoms with Gasteiger partial charge in [0.2, 0.25) is 0 Å². The largest absolute Gasteiger partial charge is 0.496 e. The predicted octanol–water partition coefficient (Wildman–Crippen LogP) is 5.19. The SMILES string of the molecule is COc1cc(/C(C#N)=C(\C#N)c2ccc(Br)c(OC)c2)ccc1Br. The van der Waals surface area contributed by atoms with Crippen molar-refractivity contribution in [3.8, 4) is 23.6 Å². The van der Waals surface area contributed by atoms with Crippen LogP contribution in [0.5, 0.6) is 11.5 Å². The highest BCUT2D eigenvalue weighted by Gasteiger charge is 2.15. The van der Waals surface area contributed by atoms with Crippen molar-refractivity contribution in [2.24, 2.45) is 0 Å². The van der Waals surface area contributed by atoms with Crippen molar-refractivity contribution in [1.29, 1.82) is 10.5 Å². The molecule has 0 aliphatic rings. The van der Waals surface area contributed by atoms with Crippen LogP contribution in [-0.2, 0) is 0 Å². The Labute approximate surface area is 157 Å². The summed E-state index contributed by atoms with van der Waals surface area (Å²) >= 11 is 6.75. The fourth-order valence-electron chi connectivity index (χ4n) is 2.16. The molecule has 120 valence electrons. The molecule has 0 unspecified atom stereocenters. The first-order valence-electron chi connectivity index (χ1n) is 6.78. The van der Waals surface area contributed by atoms with E-state index in [0.717, 1.165) is 8.95 Å². The van der Waals surface area contributed by atoms with E-state index < -0.39 is 0 Å². The average Bonchev–Trinajstić information content (AvgIpc) is 2.61. The molecule has 0 amide bonds. The second kappa shape index (κ2) is 8.01. The zero-order valence-corrected chi connectivity index (χ0v) is 16.1. The van der Waals surface area contributed by atoms with Crippen molar-refractivity contribution in [3.05, 3.63) is 56.5 Å². The molecule has 0 atom stereocenters. The number of halogens is 2. The summed E-state index contributed by atoms with van der Waals surface area (Å²) in [6.07, 6.45) is 0. The first-order chi connectivity index (χ1) is 11.5. The third-order valence-electron chi connectivity index (χ3n) is 3.35. The van der Waals surface area contributed by atoms with Crippen molar-refractivity contribution >= 4 is 43.0 Å². The summed E-state index contributed by atoms with van der Waals surface area (Å²) in [6, 6.07) is 14.8. The van der Waals surface area contributed by atoms with Gasteiger partial charge in [0.15, 0.2) is 0 Å². The number of nitrogens with zero attached hydrogens (tertiary/aromatic N) is 2. The fourth-order valence-corrected chi connectivity index (χ4v) is 2.98. The summed E-state index contributed by atoms with van der Waals surface area (Å²) in [4.78, 5) is 0. The second-order valence-electron chi connectivity index (χ2n) is 4.67. The van der Waals surface area contributed by atoms with Gasteiger partial charge in [0, 0.05) is 0 Å². The number of methoxy groups -OCH3 is 2. The van der Waals surface area contributed by atoms with E-state index in [2.05, 4.69) is 44.0 Å². The Kier molecular flexibility index (Phi) is 6.03. The molecule has 2 aromatic rings. The number of hydrogen-bond acceptors (Lipinski definition) is 4. The van der Waals surface area contributed by atoms with Gasteiger partial charge in [-0.1, -0.05) is 12.1 Å². The summed E-state index contributed by atoms with van der Waals surface area (Å²) in [6.45, 7) is 0. The third-order valence-corrected chi connectivity index (χ3v) is 4.66. The van der Waals surface area contributed by atoms with E-state index >= 15 is 0 Å². The van der Waals surface area contributed by atoms with Gasteiger partial charge in [0.1, 0.15) is 23.6 Å². The minimum Gasteiger partial charge on any atom is -0.496 e. The summed E-state index contributed by atoms with van der Waals surface area (Å²) in [5.74, 6) is 1.18. The number of benzene rings is 2. The van der Waals surface area contributed by atoms with Crippen LogP contribution < -0.4 is 9.47 Å². The molecule has 0 N–H and O–H groups in total. The lowest BCUT2D eigenvalue weighted by molar-refractivity contribution is 0.412. The van der Waals surface area contributed by atoms with Crippen LogP contribution in [0.1, 0.15) is 11.1 Å². The second-order valence-corrected chi connectivity index (χ2v) is 6.38. The quantitative estimate of drug-likeness (QED) is 0.478. The van der Waals surface area contributed by atoms with Gasteiger partial charge in [-0.3, -0.25) is 0 Å². The lowest BCUT2D eigenvalue weighted by Gasteiger charge is -2.10. The molecular formula is C18H12Br2N2O2. The molecule has 6 heteroatoms. The minimum atomic E-state index is 0.271. The Balaban J connectivity index is 2.68. The van der Waals surface area contributed by atoms with Gasteiger partial charge in [-0.25, -0.2) is 0 Å². The highest BCUT2D eigenvalue weighted by molar-refractivity contribution is 9.10. The molecule has 0 heterocycles. The van der Waals surface area contributed by atoms with E-state index in [-0.39, 0.29) is 11.1 Å². The molecule has 0 spiro atoms. The minimum absolute atomic E-state index is 0.271. The molecular weight excluding hydrogens is 436 g/mol. The summed E-state index contributed by atoms with van der Waals surface area (Å²) in [5, 5.41) is 19.2. The van der Waals surface area contributed by atoms with Crippen molar-refractivity contribution < 1.29 is 9.47 Å². The molecule has 0 aliphatic carbocycles. The van der Waals surface area contributed by atoms with Crippen LogP contribution in [0.3, 0.4) is 0 Å². The van der Waals surface area contributed by atoms with Crippen LogP contribution in [0.4, 0.5) is 0 Å². The number of hydrogen-bond donors (Lipinski definition) is 0. The van der Waals surface area contributed by atoms with E-state index in [9.17, 15) is 10.5 Å². The number of nitriles is 2. The molecule has 0 saturated carbocycles. The summed E-state index contributed by atoms with van der Waals surface area (Å²) in [5.41, 5.74) is 1.76. The highest BCUT2D eigenvalue weighted by Crippen LogP contribution is 2.34. The summed E-state index contributed by atoms with van der Waals surface area (Å²) < 4.78 is 12.1. The van der Waals surface area contributed by atoms with E-state index in [1.54, 1.807) is 50.6 Å². The Morgan fingerprint density at radius 2 is 1.17 bits per heavy atom. The smallest absolute Gasteiger partial charge is 0.133 e. The van der Waals surface area contributed by atoms with Crippen LogP contribution in [0.2, 0.25) is 0 Å². The molecule has 0 bridgehead atoms. The van der Waals surface area contributed by atoms with Crippen LogP contribution in [0.15, 0.2) is 45.3 Å². The average molecular weight is 448 g/mol. The first kappa shape index (κ1) is 18.1. The standard InChI is InChI=1S/C18H12Br2N2O2/c1-23-17-7-11(3-5-15(17)19)13(9-21)14(10-22)12-4-6-16(20)18(8-12)24-2/h3-8H,1-2H3/b14-13+. The lowest BCUT2D eigenvalue weighted by atomic mass is 9.96. The molecule has 0 radical (unpaired) electrons. The van der Waals surface area contributed by atoms with Gasteiger partial charge in [-0.05, 0) is 67.3 Å². The first-order valence-corrected chi connectivity index (χ1v) is 8.36. The molecule has 0 aromatic heterocycles. The summed E-state index contributed by atoms with van der Waals surface area (Å²) in [7, 11) is 3.09. The zero-order valence-electron chi connectivity index (χ0n) is 12.9. The third kappa shape index (κ3) is 3.62. The maximum absolute atomic E-state index is 9.60. The van der Waals surface area contributed by atoms with Crippen LogP contribution in [0.25, 0.3) is 11.1 Å². The maximum atomic E-state index is 9.60. The van der Waals surface area contributed by atoms with Gasteiger partial charge in [0.25, 0.3) is 0 Å². The predicted molar refractivity (Wildman–Crippen MR) is 99.4 cm³/mol. The Morgan fingerprint density at radius 1 is 0.792 bits per heavy atom. The van der Waals surface area contributed by atoms with Crippen molar-refractivity contribution in [2.45, 2.75) is 0 Å². The highest BCUT2D eigenvalue weighted by atomic mass is 79.9. The van der Waals surface area contributed by atoms with E-state index in [0.29, 0.717) is 22.6 Å². The fraction of sp³-hybridized carbons (Fsp3) is 0.111.